The predicted molar refractivity (Wildman–Crippen MR) is 78.5 cm³/mol. The van der Waals surface area contributed by atoms with E-state index in [0.717, 1.165) is 18.0 Å². The van der Waals surface area contributed by atoms with Gasteiger partial charge in [0.05, 0.1) is 17.2 Å². The van der Waals surface area contributed by atoms with Crippen molar-refractivity contribution in [3.8, 4) is 0 Å². The highest BCUT2D eigenvalue weighted by atomic mass is 32.1. The van der Waals surface area contributed by atoms with Gasteiger partial charge in [-0.2, -0.15) is 0 Å². The molecule has 0 aliphatic rings. The van der Waals surface area contributed by atoms with Crippen molar-refractivity contribution in [2.24, 2.45) is 0 Å². The Morgan fingerprint density at radius 3 is 2.72 bits per heavy atom. The molecule has 0 aliphatic carbocycles. The summed E-state index contributed by atoms with van der Waals surface area (Å²) in [5.74, 6) is 0.489. The molecule has 0 radical (unpaired) electrons. The smallest absolute Gasteiger partial charge is 0.115 e. The van der Waals surface area contributed by atoms with Gasteiger partial charge >= 0.3 is 0 Å². The molecule has 2 rings (SSSR count). The summed E-state index contributed by atoms with van der Waals surface area (Å²) in [6.45, 7) is 7.54. The van der Waals surface area contributed by atoms with Crippen molar-refractivity contribution in [1.82, 2.24) is 15.3 Å². The Bertz CT molecular complexity index is 462. The molecule has 2 aromatic heterocycles. The van der Waals surface area contributed by atoms with Crippen LogP contribution in [0.2, 0.25) is 0 Å². The molecule has 0 spiro atoms. The maximum absolute atomic E-state index is 4.75. The molecule has 5 heteroatoms. The molecule has 1 atom stereocenters. The van der Waals surface area contributed by atoms with Crippen LogP contribution in [0.15, 0.2) is 17.1 Å². The van der Waals surface area contributed by atoms with Crippen LogP contribution >= 0.6 is 22.7 Å². The second-order valence-corrected chi connectivity index (χ2v) is 6.36. The van der Waals surface area contributed by atoms with Crippen molar-refractivity contribution >= 4 is 22.7 Å². The monoisotopic (exact) mass is 281 g/mol. The first kappa shape index (κ1) is 13.6. The van der Waals surface area contributed by atoms with Crippen molar-refractivity contribution in [1.29, 1.82) is 0 Å². The van der Waals surface area contributed by atoms with Crippen molar-refractivity contribution < 1.29 is 0 Å². The molecular formula is C13H19N3S2. The zero-order valence-electron chi connectivity index (χ0n) is 11.0. The lowest BCUT2D eigenvalue weighted by atomic mass is 10.1. The molecule has 1 unspecified atom stereocenters. The Morgan fingerprint density at radius 2 is 2.17 bits per heavy atom. The van der Waals surface area contributed by atoms with Crippen molar-refractivity contribution in [3.05, 3.63) is 32.7 Å². The predicted octanol–water partition coefficient (Wildman–Crippen LogP) is 3.81. The standard InChI is InChI=1S/C13H19N3S2/c1-4-5-15-12(11-6-14-8-18-11)13-16-10(7-17-13)9(2)3/h6-9,12,15H,4-5H2,1-3H3. The summed E-state index contributed by atoms with van der Waals surface area (Å²) < 4.78 is 0. The van der Waals surface area contributed by atoms with Gasteiger partial charge in [0.15, 0.2) is 0 Å². The van der Waals surface area contributed by atoms with Gasteiger partial charge in [0.25, 0.3) is 0 Å². The maximum atomic E-state index is 4.75. The third kappa shape index (κ3) is 3.16. The Labute approximate surface area is 116 Å². The third-order valence-corrected chi connectivity index (χ3v) is 4.48. The second kappa shape index (κ2) is 6.41. The van der Waals surface area contributed by atoms with Crippen LogP contribution in [0.3, 0.4) is 0 Å². The summed E-state index contributed by atoms with van der Waals surface area (Å²) in [6.07, 6.45) is 3.06. The molecule has 0 bridgehead atoms. The molecule has 1 N–H and O–H groups in total. The highest BCUT2D eigenvalue weighted by Gasteiger charge is 2.19. The van der Waals surface area contributed by atoms with Gasteiger partial charge in [-0.25, -0.2) is 4.98 Å². The van der Waals surface area contributed by atoms with Crippen LogP contribution in [0, 0.1) is 0 Å². The number of rotatable bonds is 6. The first-order valence-electron chi connectivity index (χ1n) is 6.29. The van der Waals surface area contributed by atoms with Gasteiger partial charge < -0.3 is 5.32 Å². The van der Waals surface area contributed by atoms with Crippen molar-refractivity contribution in [2.75, 3.05) is 6.54 Å². The molecule has 2 aromatic rings. The van der Waals surface area contributed by atoms with Crippen LogP contribution in [0.25, 0.3) is 0 Å². The summed E-state index contributed by atoms with van der Waals surface area (Å²) in [5, 5.41) is 6.88. The maximum Gasteiger partial charge on any atom is 0.115 e. The largest absolute Gasteiger partial charge is 0.304 e. The summed E-state index contributed by atoms with van der Waals surface area (Å²) >= 11 is 3.43. The summed E-state index contributed by atoms with van der Waals surface area (Å²) in [7, 11) is 0. The fourth-order valence-corrected chi connectivity index (χ4v) is 3.51. The Morgan fingerprint density at radius 1 is 1.33 bits per heavy atom. The normalized spacial score (nSPS) is 13.1. The van der Waals surface area contributed by atoms with E-state index >= 15 is 0 Å². The second-order valence-electron chi connectivity index (χ2n) is 4.56. The molecule has 0 saturated heterocycles. The number of hydrogen-bond donors (Lipinski definition) is 1. The van der Waals surface area contributed by atoms with Gasteiger partial charge in [0.2, 0.25) is 0 Å². The summed E-state index contributed by atoms with van der Waals surface area (Å²) in [5.41, 5.74) is 3.07. The number of aromatic nitrogens is 2. The first-order chi connectivity index (χ1) is 8.72. The molecular weight excluding hydrogens is 262 g/mol. The van der Waals surface area contributed by atoms with Crippen molar-refractivity contribution in [3.63, 3.8) is 0 Å². The average Bonchev–Trinajstić information content (AvgIpc) is 3.00. The molecule has 98 valence electrons. The summed E-state index contributed by atoms with van der Waals surface area (Å²) in [6, 6.07) is 0.204. The zero-order valence-corrected chi connectivity index (χ0v) is 12.6. The van der Waals surface area contributed by atoms with Crippen LogP contribution < -0.4 is 5.32 Å². The minimum atomic E-state index is 0.204. The van der Waals surface area contributed by atoms with Crippen LogP contribution in [-0.4, -0.2) is 16.5 Å². The quantitative estimate of drug-likeness (QED) is 0.875. The number of nitrogens with one attached hydrogen (secondary N) is 1. The van der Waals surface area contributed by atoms with Gasteiger partial charge in [-0.05, 0) is 18.9 Å². The van der Waals surface area contributed by atoms with Gasteiger partial charge in [0.1, 0.15) is 5.01 Å². The highest BCUT2D eigenvalue weighted by Crippen LogP contribution is 2.29. The minimum absolute atomic E-state index is 0.204. The fraction of sp³-hybridized carbons (Fsp3) is 0.538. The van der Waals surface area contributed by atoms with E-state index in [0.29, 0.717) is 5.92 Å². The van der Waals surface area contributed by atoms with Crippen molar-refractivity contribution in [2.45, 2.75) is 39.2 Å². The number of nitrogens with zero attached hydrogens (tertiary/aromatic N) is 2. The van der Waals surface area contributed by atoms with E-state index in [1.807, 2.05) is 11.7 Å². The fourth-order valence-electron chi connectivity index (χ4n) is 1.66. The van der Waals surface area contributed by atoms with E-state index in [9.17, 15) is 0 Å². The van der Waals surface area contributed by atoms with Gasteiger partial charge in [-0.15, -0.1) is 22.7 Å². The van der Waals surface area contributed by atoms with E-state index < -0.39 is 0 Å². The highest BCUT2D eigenvalue weighted by molar-refractivity contribution is 7.11. The van der Waals surface area contributed by atoms with Crippen LogP contribution in [-0.2, 0) is 0 Å². The molecule has 3 nitrogen and oxygen atoms in total. The Balaban J connectivity index is 2.22. The molecule has 0 aliphatic heterocycles. The van der Waals surface area contributed by atoms with E-state index in [4.69, 9.17) is 4.98 Å². The molecule has 0 aromatic carbocycles. The van der Waals surface area contributed by atoms with Gasteiger partial charge in [-0.1, -0.05) is 20.8 Å². The van der Waals surface area contributed by atoms with E-state index in [2.05, 4.69) is 36.5 Å². The minimum Gasteiger partial charge on any atom is -0.304 e. The van der Waals surface area contributed by atoms with E-state index in [1.54, 1.807) is 22.7 Å². The average molecular weight is 281 g/mol. The first-order valence-corrected chi connectivity index (χ1v) is 8.05. The van der Waals surface area contributed by atoms with Crippen LogP contribution in [0.4, 0.5) is 0 Å². The van der Waals surface area contributed by atoms with E-state index in [1.165, 1.54) is 10.6 Å². The topological polar surface area (TPSA) is 37.8 Å². The Kier molecular flexibility index (Phi) is 4.86. The lowest BCUT2D eigenvalue weighted by Gasteiger charge is -2.13. The number of thiazole rings is 2. The molecule has 18 heavy (non-hydrogen) atoms. The Hall–Kier alpha value is -0.780. The van der Waals surface area contributed by atoms with Crippen LogP contribution in [0.1, 0.15) is 54.7 Å². The summed E-state index contributed by atoms with van der Waals surface area (Å²) in [4.78, 5) is 10.2. The lowest BCUT2D eigenvalue weighted by molar-refractivity contribution is 0.599. The molecule has 2 heterocycles. The SMILES string of the molecule is CCCNC(c1cncs1)c1nc(C(C)C)cs1. The molecule has 0 fully saturated rings. The lowest BCUT2D eigenvalue weighted by Crippen LogP contribution is -2.22. The third-order valence-electron chi connectivity index (χ3n) is 2.71. The molecule has 0 saturated carbocycles. The van der Waals surface area contributed by atoms with Gasteiger partial charge in [-0.3, -0.25) is 4.98 Å². The molecule has 0 amide bonds. The van der Waals surface area contributed by atoms with Gasteiger partial charge in [0, 0.05) is 16.5 Å². The van der Waals surface area contributed by atoms with Crippen LogP contribution in [0.5, 0.6) is 0 Å². The van der Waals surface area contributed by atoms with E-state index in [-0.39, 0.29) is 6.04 Å². The zero-order chi connectivity index (χ0) is 13.0. The number of hydrogen-bond acceptors (Lipinski definition) is 5.